The van der Waals surface area contributed by atoms with Crippen LogP contribution in [0.5, 0.6) is 0 Å². The van der Waals surface area contributed by atoms with Crippen molar-refractivity contribution < 1.29 is 14.3 Å². The molecule has 2 aliphatic heterocycles. The number of allylic oxidation sites excluding steroid dienone is 1. The Morgan fingerprint density at radius 2 is 1.59 bits per heavy atom. The van der Waals surface area contributed by atoms with E-state index in [9.17, 15) is 4.79 Å². The molecular weight excluding hydrogens is 276 g/mol. The summed E-state index contributed by atoms with van der Waals surface area (Å²) >= 11 is 0. The zero-order chi connectivity index (χ0) is 16.1. The molecule has 0 spiro atoms. The van der Waals surface area contributed by atoms with Gasteiger partial charge in [-0.1, -0.05) is 20.4 Å². The van der Waals surface area contributed by atoms with Gasteiger partial charge in [0, 0.05) is 6.42 Å². The highest BCUT2D eigenvalue weighted by molar-refractivity contribution is 5.95. The fraction of sp³-hybridized carbons (Fsp3) is 0.842. The molecule has 5 unspecified atom stereocenters. The first-order valence-corrected chi connectivity index (χ1v) is 8.83. The van der Waals surface area contributed by atoms with Gasteiger partial charge in [-0.25, -0.2) is 0 Å². The maximum atomic E-state index is 12.5. The van der Waals surface area contributed by atoms with Crippen molar-refractivity contribution in [3.63, 3.8) is 0 Å². The molecule has 2 saturated heterocycles. The predicted molar refractivity (Wildman–Crippen MR) is 86.7 cm³/mol. The molecule has 3 rings (SSSR count). The Bertz CT molecular complexity index is 483. The van der Waals surface area contributed by atoms with Crippen molar-refractivity contribution >= 4 is 5.78 Å². The highest BCUT2D eigenvalue weighted by atomic mass is 16.6. The lowest BCUT2D eigenvalue weighted by molar-refractivity contribution is -0.116. The van der Waals surface area contributed by atoms with Crippen molar-refractivity contribution in [1.29, 1.82) is 0 Å². The van der Waals surface area contributed by atoms with Gasteiger partial charge in [-0.3, -0.25) is 4.79 Å². The van der Waals surface area contributed by atoms with Crippen molar-refractivity contribution in [2.45, 2.75) is 89.6 Å². The average molecular weight is 306 g/mol. The molecule has 0 amide bonds. The highest BCUT2D eigenvalue weighted by Crippen LogP contribution is 2.50. The Morgan fingerprint density at radius 3 is 2.18 bits per heavy atom. The summed E-state index contributed by atoms with van der Waals surface area (Å²) in [6.45, 7) is 12.9. The third kappa shape index (κ3) is 3.03. The minimum atomic E-state index is -0.0278. The van der Waals surface area contributed by atoms with E-state index in [2.05, 4.69) is 34.3 Å². The Labute approximate surface area is 134 Å². The first kappa shape index (κ1) is 16.2. The van der Waals surface area contributed by atoms with E-state index in [-0.39, 0.29) is 29.0 Å². The van der Waals surface area contributed by atoms with Crippen LogP contribution in [0.4, 0.5) is 0 Å². The zero-order valence-corrected chi connectivity index (χ0v) is 14.5. The van der Waals surface area contributed by atoms with Gasteiger partial charge in [0.2, 0.25) is 0 Å². The highest BCUT2D eigenvalue weighted by Gasteiger charge is 2.56. The molecule has 22 heavy (non-hydrogen) atoms. The summed E-state index contributed by atoms with van der Waals surface area (Å²) in [5.41, 5.74) is 0.794. The molecule has 3 heteroatoms. The number of hydrogen-bond donors (Lipinski definition) is 0. The predicted octanol–water partition coefficient (Wildman–Crippen LogP) is 4.05. The molecule has 0 radical (unpaired) electrons. The normalized spacial score (nSPS) is 46.1. The van der Waals surface area contributed by atoms with E-state index in [1.165, 1.54) is 0 Å². The first-order valence-electron chi connectivity index (χ1n) is 8.83. The summed E-state index contributed by atoms with van der Waals surface area (Å²) in [5.74, 6) is 0.959. The summed E-state index contributed by atoms with van der Waals surface area (Å²) in [7, 11) is 0. The molecule has 0 aromatic rings. The summed E-state index contributed by atoms with van der Waals surface area (Å²) in [5, 5.41) is 0. The number of carbonyl (C=O) groups excluding carboxylic acids is 1. The molecule has 2 heterocycles. The van der Waals surface area contributed by atoms with Crippen molar-refractivity contribution in [3.05, 3.63) is 12.2 Å². The molecule has 3 aliphatic rings. The number of ether oxygens (including phenoxy) is 2. The van der Waals surface area contributed by atoms with Crippen LogP contribution in [-0.2, 0) is 14.3 Å². The molecule has 3 fully saturated rings. The number of carbonyl (C=O) groups is 1. The fourth-order valence-electron chi connectivity index (χ4n) is 4.15. The van der Waals surface area contributed by atoms with Crippen LogP contribution in [0.15, 0.2) is 12.2 Å². The lowest BCUT2D eigenvalue weighted by atomic mass is 9.80. The molecule has 1 saturated carbocycles. The van der Waals surface area contributed by atoms with E-state index in [4.69, 9.17) is 9.47 Å². The molecule has 0 N–H and O–H groups in total. The minimum absolute atomic E-state index is 0.00523. The van der Waals surface area contributed by atoms with Crippen LogP contribution < -0.4 is 0 Å². The number of hydrogen-bond acceptors (Lipinski definition) is 3. The van der Waals surface area contributed by atoms with Gasteiger partial charge in [-0.2, -0.15) is 0 Å². The summed E-state index contributed by atoms with van der Waals surface area (Å²) in [6.07, 6.45) is 6.17. The third-order valence-electron chi connectivity index (χ3n) is 6.17. The Balaban J connectivity index is 1.73. The van der Waals surface area contributed by atoms with Crippen LogP contribution in [0.3, 0.4) is 0 Å². The molecule has 0 aromatic heterocycles. The van der Waals surface area contributed by atoms with E-state index in [0.717, 1.165) is 37.7 Å². The second-order valence-corrected chi connectivity index (χ2v) is 8.25. The van der Waals surface area contributed by atoms with Gasteiger partial charge in [0.25, 0.3) is 0 Å². The Kier molecular flexibility index (Phi) is 4.01. The molecule has 124 valence electrons. The number of ketones is 1. The van der Waals surface area contributed by atoms with Gasteiger partial charge in [-0.15, -0.1) is 0 Å². The SMILES string of the molecule is C=C1C(=O)CCC2OC2(C)CCC2OC2(C)CCC1C(C)C. The lowest BCUT2D eigenvalue weighted by Gasteiger charge is -2.23. The smallest absolute Gasteiger partial charge is 0.158 e. The van der Waals surface area contributed by atoms with Crippen LogP contribution in [0.2, 0.25) is 0 Å². The van der Waals surface area contributed by atoms with Crippen LogP contribution in [0, 0.1) is 11.8 Å². The number of epoxide rings is 2. The van der Waals surface area contributed by atoms with Crippen molar-refractivity contribution in [2.24, 2.45) is 11.8 Å². The van der Waals surface area contributed by atoms with Crippen LogP contribution in [0.25, 0.3) is 0 Å². The van der Waals surface area contributed by atoms with Crippen LogP contribution in [-0.4, -0.2) is 29.2 Å². The second-order valence-electron chi connectivity index (χ2n) is 8.25. The quantitative estimate of drug-likeness (QED) is 0.542. The molecule has 5 atom stereocenters. The van der Waals surface area contributed by atoms with Gasteiger partial charge < -0.3 is 9.47 Å². The van der Waals surface area contributed by atoms with Crippen LogP contribution >= 0.6 is 0 Å². The van der Waals surface area contributed by atoms with Crippen molar-refractivity contribution in [3.8, 4) is 0 Å². The number of Topliss-reactive ketones (excluding diaryl/α,β-unsaturated/α-hetero) is 1. The maximum Gasteiger partial charge on any atom is 0.158 e. The third-order valence-corrected chi connectivity index (χ3v) is 6.17. The van der Waals surface area contributed by atoms with Gasteiger partial charge in [0.05, 0.1) is 23.4 Å². The van der Waals surface area contributed by atoms with Crippen molar-refractivity contribution in [1.82, 2.24) is 0 Å². The van der Waals surface area contributed by atoms with E-state index in [1.807, 2.05) is 0 Å². The van der Waals surface area contributed by atoms with E-state index >= 15 is 0 Å². The van der Waals surface area contributed by atoms with E-state index in [1.54, 1.807) is 0 Å². The fourth-order valence-corrected chi connectivity index (χ4v) is 4.15. The maximum absolute atomic E-state index is 12.5. The largest absolute Gasteiger partial charge is 0.366 e. The minimum Gasteiger partial charge on any atom is -0.366 e. The Hall–Kier alpha value is -0.670. The summed E-state index contributed by atoms with van der Waals surface area (Å²) in [6, 6.07) is 0. The summed E-state index contributed by atoms with van der Waals surface area (Å²) in [4.78, 5) is 12.5. The van der Waals surface area contributed by atoms with E-state index in [0.29, 0.717) is 18.4 Å². The second kappa shape index (κ2) is 5.45. The Morgan fingerprint density at radius 1 is 1.05 bits per heavy atom. The van der Waals surface area contributed by atoms with Gasteiger partial charge in [0.15, 0.2) is 5.78 Å². The standard InChI is InChI=1S/C19H30O3/c1-12(2)14-8-10-18(4)17(22-18)9-11-19(5)16(21-19)7-6-15(20)13(14)3/h12,14,16-17H,3,6-11H2,1-2,4-5H3. The molecule has 3 nitrogen and oxygen atoms in total. The molecule has 1 aliphatic carbocycles. The first-order chi connectivity index (χ1) is 10.3. The molecule has 0 bridgehead atoms. The number of fused-ring (bicyclic) bond motifs is 2. The monoisotopic (exact) mass is 306 g/mol. The topological polar surface area (TPSA) is 42.1 Å². The van der Waals surface area contributed by atoms with Gasteiger partial charge in [0.1, 0.15) is 0 Å². The number of rotatable bonds is 1. The molecular formula is C19H30O3. The van der Waals surface area contributed by atoms with Crippen molar-refractivity contribution in [2.75, 3.05) is 0 Å². The summed E-state index contributed by atoms with van der Waals surface area (Å²) < 4.78 is 11.9. The van der Waals surface area contributed by atoms with Gasteiger partial charge >= 0.3 is 0 Å². The molecule has 0 aromatic carbocycles. The van der Waals surface area contributed by atoms with Crippen LogP contribution in [0.1, 0.15) is 66.2 Å². The zero-order valence-electron chi connectivity index (χ0n) is 14.5. The van der Waals surface area contributed by atoms with Gasteiger partial charge in [-0.05, 0) is 63.4 Å². The lowest BCUT2D eigenvalue weighted by Crippen LogP contribution is -2.21. The van der Waals surface area contributed by atoms with E-state index < -0.39 is 0 Å². The average Bonchev–Trinajstić information content (AvgIpc) is 3.30.